The molecule has 1 amide bonds. The summed E-state index contributed by atoms with van der Waals surface area (Å²) in [6.07, 6.45) is 0. The monoisotopic (exact) mass is 405 g/mol. The maximum Gasteiger partial charge on any atom is 0.257 e. The van der Waals surface area contributed by atoms with Gasteiger partial charge in [0.15, 0.2) is 0 Å². The number of carbonyl (C=O) groups is 1. The van der Waals surface area contributed by atoms with Crippen LogP contribution in [-0.2, 0) is 13.6 Å². The second kappa shape index (κ2) is 9.26. The van der Waals surface area contributed by atoms with Crippen molar-refractivity contribution in [2.75, 3.05) is 12.4 Å². The van der Waals surface area contributed by atoms with Crippen LogP contribution >= 0.6 is 0 Å². The van der Waals surface area contributed by atoms with E-state index in [2.05, 4.69) is 20.7 Å². The number of guanidine groups is 1. The minimum Gasteiger partial charge on any atom is -0.497 e. The molecule has 156 valence electrons. The molecule has 0 atom stereocenters. The molecule has 0 saturated carbocycles. The smallest absolute Gasteiger partial charge is 0.257 e. The van der Waals surface area contributed by atoms with Crippen molar-refractivity contribution in [3.05, 3.63) is 76.6 Å². The maximum atomic E-state index is 12.8. The average Bonchev–Trinajstić information content (AvgIpc) is 2.98. The molecule has 0 saturated heterocycles. The first-order valence-corrected chi connectivity index (χ1v) is 9.70. The third-order valence-corrected chi connectivity index (χ3v) is 4.93. The van der Waals surface area contributed by atoms with Crippen molar-refractivity contribution in [3.63, 3.8) is 0 Å². The van der Waals surface area contributed by atoms with Gasteiger partial charge in [-0.25, -0.2) is 4.99 Å². The van der Waals surface area contributed by atoms with Crippen LogP contribution in [0.3, 0.4) is 0 Å². The van der Waals surface area contributed by atoms with Crippen LogP contribution in [-0.4, -0.2) is 28.8 Å². The lowest BCUT2D eigenvalue weighted by Gasteiger charge is -2.13. The predicted octanol–water partition coefficient (Wildman–Crippen LogP) is 3.75. The fourth-order valence-corrected chi connectivity index (χ4v) is 3.04. The number of amides is 1. The highest BCUT2D eigenvalue weighted by Gasteiger charge is 2.12. The minimum absolute atomic E-state index is 0.233. The largest absolute Gasteiger partial charge is 0.497 e. The number of anilines is 1. The molecule has 2 aromatic carbocycles. The SMILES string of the molecule is COc1cccc(NC(=NCc2c(C)nn(C)c2C)NC(=O)c2ccc(C)cc2)c1. The normalized spacial score (nSPS) is 11.3. The Bertz CT molecular complexity index is 1070. The van der Waals surface area contributed by atoms with Gasteiger partial charge in [0.2, 0.25) is 5.96 Å². The molecule has 1 heterocycles. The number of carbonyl (C=O) groups excluding carboxylic acids is 1. The number of nitrogens with zero attached hydrogens (tertiary/aromatic N) is 3. The summed E-state index contributed by atoms with van der Waals surface area (Å²) in [6, 6.07) is 14.9. The Kier molecular flexibility index (Phi) is 6.51. The van der Waals surface area contributed by atoms with E-state index in [0.29, 0.717) is 23.8 Å². The lowest BCUT2D eigenvalue weighted by Crippen LogP contribution is -2.36. The number of nitrogens with one attached hydrogen (secondary N) is 2. The van der Waals surface area contributed by atoms with Crippen molar-refractivity contribution >= 4 is 17.6 Å². The second-order valence-electron chi connectivity index (χ2n) is 7.11. The summed E-state index contributed by atoms with van der Waals surface area (Å²) >= 11 is 0. The minimum atomic E-state index is -0.233. The van der Waals surface area contributed by atoms with Crippen LogP contribution in [0.2, 0.25) is 0 Å². The highest BCUT2D eigenvalue weighted by Crippen LogP contribution is 2.17. The molecular weight excluding hydrogens is 378 g/mol. The number of benzene rings is 2. The van der Waals surface area contributed by atoms with Crippen molar-refractivity contribution in [1.29, 1.82) is 0 Å². The molecule has 0 aliphatic carbocycles. The van der Waals surface area contributed by atoms with Crippen molar-refractivity contribution < 1.29 is 9.53 Å². The lowest BCUT2D eigenvalue weighted by molar-refractivity contribution is 0.0977. The van der Waals surface area contributed by atoms with Crippen molar-refractivity contribution in [2.45, 2.75) is 27.3 Å². The number of rotatable bonds is 5. The van der Waals surface area contributed by atoms with Gasteiger partial charge in [-0.3, -0.25) is 14.8 Å². The summed E-state index contributed by atoms with van der Waals surface area (Å²) < 4.78 is 7.12. The van der Waals surface area contributed by atoms with Gasteiger partial charge in [0.1, 0.15) is 5.75 Å². The number of aromatic nitrogens is 2. The molecule has 0 fully saturated rings. The zero-order valence-electron chi connectivity index (χ0n) is 18.0. The van der Waals surface area contributed by atoms with Crippen molar-refractivity contribution in [1.82, 2.24) is 15.1 Å². The number of methoxy groups -OCH3 is 1. The van der Waals surface area contributed by atoms with Gasteiger partial charge >= 0.3 is 0 Å². The average molecular weight is 406 g/mol. The van der Waals surface area contributed by atoms with E-state index in [1.54, 1.807) is 19.2 Å². The third-order valence-electron chi connectivity index (χ3n) is 4.93. The summed E-state index contributed by atoms with van der Waals surface area (Å²) in [5, 5.41) is 10.5. The number of ether oxygens (including phenoxy) is 1. The van der Waals surface area contributed by atoms with E-state index in [-0.39, 0.29) is 5.91 Å². The summed E-state index contributed by atoms with van der Waals surface area (Å²) in [7, 11) is 3.52. The summed E-state index contributed by atoms with van der Waals surface area (Å²) in [4.78, 5) is 17.4. The van der Waals surface area contributed by atoms with Gasteiger partial charge in [0.25, 0.3) is 5.91 Å². The Morgan fingerprint density at radius 1 is 1.13 bits per heavy atom. The van der Waals surface area contributed by atoms with Crippen LogP contribution in [0.25, 0.3) is 0 Å². The highest BCUT2D eigenvalue weighted by atomic mass is 16.5. The topological polar surface area (TPSA) is 80.5 Å². The Balaban J connectivity index is 1.86. The molecule has 3 aromatic rings. The standard InChI is InChI=1S/C23H27N5O2/c1-15-9-11-18(12-10-15)22(29)26-23(25-19-7-6-8-20(13-19)30-5)24-14-21-16(2)27-28(4)17(21)3/h6-13H,14H2,1-5H3,(H2,24,25,26,29). The summed E-state index contributed by atoms with van der Waals surface area (Å²) in [5.41, 5.74) is 5.42. The maximum absolute atomic E-state index is 12.8. The molecule has 0 bridgehead atoms. The van der Waals surface area contributed by atoms with E-state index >= 15 is 0 Å². The highest BCUT2D eigenvalue weighted by molar-refractivity contribution is 6.10. The Morgan fingerprint density at radius 3 is 2.50 bits per heavy atom. The first-order chi connectivity index (χ1) is 14.4. The molecule has 7 heteroatoms. The number of aryl methyl sites for hydroxylation is 3. The van der Waals surface area contributed by atoms with Gasteiger partial charge in [-0.05, 0) is 45.0 Å². The van der Waals surface area contributed by atoms with Crippen molar-refractivity contribution in [2.24, 2.45) is 12.0 Å². The van der Waals surface area contributed by atoms with E-state index in [1.165, 1.54) is 0 Å². The van der Waals surface area contributed by atoms with Crippen molar-refractivity contribution in [3.8, 4) is 5.75 Å². The molecule has 0 spiro atoms. The van der Waals surface area contributed by atoms with Crippen LogP contribution in [0, 0.1) is 20.8 Å². The molecule has 0 unspecified atom stereocenters. The number of hydrogen-bond acceptors (Lipinski definition) is 4. The molecule has 0 aliphatic heterocycles. The molecule has 3 rings (SSSR count). The molecule has 0 radical (unpaired) electrons. The Labute approximate surface area is 176 Å². The fraction of sp³-hybridized carbons (Fsp3) is 0.261. The van der Waals surface area contributed by atoms with Crippen LogP contribution in [0.5, 0.6) is 5.75 Å². The van der Waals surface area contributed by atoms with Gasteiger partial charge in [0.05, 0.1) is 19.3 Å². The first-order valence-electron chi connectivity index (χ1n) is 9.70. The van der Waals surface area contributed by atoms with E-state index in [1.807, 2.05) is 68.9 Å². The Hall–Kier alpha value is -3.61. The molecule has 30 heavy (non-hydrogen) atoms. The first kappa shape index (κ1) is 21.1. The number of aliphatic imine (C=N–C) groups is 1. The van der Waals surface area contributed by atoms with Gasteiger partial charge in [-0.15, -0.1) is 0 Å². The lowest BCUT2D eigenvalue weighted by atomic mass is 10.1. The van der Waals surface area contributed by atoms with Gasteiger partial charge < -0.3 is 10.1 Å². The van der Waals surface area contributed by atoms with Gasteiger partial charge in [0, 0.05) is 35.6 Å². The van der Waals surface area contributed by atoms with E-state index in [0.717, 1.165) is 28.2 Å². The summed E-state index contributed by atoms with van der Waals surface area (Å²) in [6.45, 7) is 6.34. The third kappa shape index (κ3) is 5.05. The van der Waals surface area contributed by atoms with E-state index in [4.69, 9.17) is 4.74 Å². The van der Waals surface area contributed by atoms with Crippen LogP contribution in [0.4, 0.5) is 5.69 Å². The van der Waals surface area contributed by atoms with E-state index in [9.17, 15) is 4.79 Å². The van der Waals surface area contributed by atoms with E-state index < -0.39 is 0 Å². The zero-order valence-corrected chi connectivity index (χ0v) is 18.0. The molecule has 1 aromatic heterocycles. The molecular formula is C23H27N5O2. The predicted molar refractivity (Wildman–Crippen MR) is 119 cm³/mol. The Morgan fingerprint density at radius 2 is 1.87 bits per heavy atom. The van der Waals surface area contributed by atoms with Crippen LogP contribution in [0.1, 0.15) is 32.9 Å². The van der Waals surface area contributed by atoms with Crippen LogP contribution < -0.4 is 15.4 Å². The van der Waals surface area contributed by atoms with Gasteiger partial charge in [-0.1, -0.05) is 23.8 Å². The fourth-order valence-electron chi connectivity index (χ4n) is 3.04. The summed E-state index contributed by atoms with van der Waals surface area (Å²) in [5.74, 6) is 0.836. The van der Waals surface area contributed by atoms with Gasteiger partial charge in [-0.2, -0.15) is 5.10 Å². The number of hydrogen-bond donors (Lipinski definition) is 2. The zero-order chi connectivity index (χ0) is 21.7. The molecule has 0 aliphatic rings. The second-order valence-corrected chi connectivity index (χ2v) is 7.11. The quantitative estimate of drug-likeness (QED) is 0.500. The van der Waals surface area contributed by atoms with Crippen LogP contribution in [0.15, 0.2) is 53.5 Å². The molecule has 2 N–H and O–H groups in total. The molecule has 7 nitrogen and oxygen atoms in total.